The van der Waals surface area contributed by atoms with Gasteiger partial charge in [0.05, 0.1) is 7.11 Å². The largest absolute Gasteiger partial charge is 0.497 e. The van der Waals surface area contributed by atoms with Gasteiger partial charge >= 0.3 is 0 Å². The van der Waals surface area contributed by atoms with E-state index in [0.29, 0.717) is 5.82 Å². The van der Waals surface area contributed by atoms with Crippen LogP contribution in [0.4, 0.5) is 11.5 Å². The minimum absolute atomic E-state index is 0.0540. The second kappa shape index (κ2) is 5.43. The first-order valence-corrected chi connectivity index (χ1v) is 5.89. The number of hydrogen-bond donors (Lipinski definition) is 3. The molecule has 0 radical (unpaired) electrons. The summed E-state index contributed by atoms with van der Waals surface area (Å²) in [6.07, 6.45) is 2.99. The lowest BCUT2D eigenvalue weighted by Gasteiger charge is -2.19. The van der Waals surface area contributed by atoms with Crippen molar-refractivity contribution in [1.29, 1.82) is 10.8 Å². The van der Waals surface area contributed by atoms with E-state index >= 15 is 0 Å². The molecule has 0 aliphatic rings. The molecule has 0 saturated heterocycles. The molecular formula is C13H16N6O. The van der Waals surface area contributed by atoms with E-state index < -0.39 is 0 Å². The molecule has 2 aromatic rings. The van der Waals surface area contributed by atoms with Crippen LogP contribution in [0.2, 0.25) is 0 Å². The van der Waals surface area contributed by atoms with Crippen LogP contribution in [0.3, 0.4) is 0 Å². The summed E-state index contributed by atoms with van der Waals surface area (Å²) in [4.78, 5) is 5.93. The van der Waals surface area contributed by atoms with Crippen molar-refractivity contribution < 1.29 is 4.74 Å². The molecule has 0 fully saturated rings. The maximum Gasteiger partial charge on any atom is 0.198 e. The van der Waals surface area contributed by atoms with E-state index in [9.17, 15) is 0 Å². The molecule has 0 bridgehead atoms. The van der Waals surface area contributed by atoms with Gasteiger partial charge in [-0.2, -0.15) is 0 Å². The summed E-state index contributed by atoms with van der Waals surface area (Å²) >= 11 is 0. The SMILES string of the molecule is COc1ccc(N(C)c2nccn(C(=N)N)c2=N)cc1. The maximum atomic E-state index is 8.05. The smallest absolute Gasteiger partial charge is 0.198 e. The number of nitrogens with zero attached hydrogens (tertiary/aromatic N) is 3. The topological polar surface area (TPSA) is 104 Å². The quantitative estimate of drug-likeness (QED) is 0.570. The number of anilines is 2. The maximum absolute atomic E-state index is 8.05. The van der Waals surface area contributed by atoms with Gasteiger partial charge in [-0.3, -0.25) is 15.4 Å². The van der Waals surface area contributed by atoms with Crippen molar-refractivity contribution in [2.75, 3.05) is 19.1 Å². The Hall–Kier alpha value is -2.83. The Labute approximate surface area is 116 Å². The van der Waals surface area contributed by atoms with Crippen LogP contribution in [0.25, 0.3) is 0 Å². The Bertz CT molecular complexity index is 676. The average molecular weight is 272 g/mol. The zero-order valence-corrected chi connectivity index (χ0v) is 11.3. The molecule has 0 aliphatic heterocycles. The van der Waals surface area contributed by atoms with Crippen LogP contribution in [0.1, 0.15) is 0 Å². The van der Waals surface area contributed by atoms with E-state index in [2.05, 4.69) is 4.98 Å². The van der Waals surface area contributed by atoms with Gasteiger partial charge in [0.2, 0.25) is 0 Å². The standard InChI is InChI=1S/C13H16N6O/c1-18(9-3-5-10(20-2)6-4-9)12-11(14)19(13(15)16)8-7-17-12/h3-8,14H,1-2H3,(H3,15,16). The minimum Gasteiger partial charge on any atom is -0.497 e. The number of rotatable bonds is 3. The van der Waals surface area contributed by atoms with Gasteiger partial charge in [-0.05, 0) is 24.3 Å². The lowest BCUT2D eigenvalue weighted by molar-refractivity contribution is 0.415. The van der Waals surface area contributed by atoms with Crippen molar-refractivity contribution in [3.8, 4) is 5.75 Å². The van der Waals surface area contributed by atoms with Gasteiger partial charge < -0.3 is 15.4 Å². The van der Waals surface area contributed by atoms with E-state index in [1.165, 1.54) is 17.0 Å². The molecule has 0 saturated carbocycles. The Balaban J connectivity index is 2.42. The number of benzene rings is 1. The van der Waals surface area contributed by atoms with Gasteiger partial charge in [-0.1, -0.05) is 0 Å². The Morgan fingerprint density at radius 2 is 2.00 bits per heavy atom. The van der Waals surface area contributed by atoms with Gasteiger partial charge in [-0.25, -0.2) is 4.98 Å². The van der Waals surface area contributed by atoms with E-state index in [4.69, 9.17) is 21.3 Å². The number of ether oxygens (including phenoxy) is 1. The van der Waals surface area contributed by atoms with Gasteiger partial charge in [-0.15, -0.1) is 0 Å². The van der Waals surface area contributed by atoms with E-state index in [0.717, 1.165) is 11.4 Å². The Morgan fingerprint density at radius 1 is 1.35 bits per heavy atom. The molecule has 0 aliphatic carbocycles. The molecule has 1 aromatic heterocycles. The predicted octanol–water partition coefficient (Wildman–Crippen LogP) is 0.881. The molecule has 4 N–H and O–H groups in total. The highest BCUT2D eigenvalue weighted by Crippen LogP contribution is 2.21. The van der Waals surface area contributed by atoms with E-state index in [1.807, 2.05) is 24.3 Å². The van der Waals surface area contributed by atoms with E-state index in [-0.39, 0.29) is 11.4 Å². The zero-order valence-electron chi connectivity index (χ0n) is 11.3. The van der Waals surface area contributed by atoms with Crippen molar-refractivity contribution in [3.05, 3.63) is 42.1 Å². The van der Waals surface area contributed by atoms with Crippen molar-refractivity contribution in [1.82, 2.24) is 9.55 Å². The van der Waals surface area contributed by atoms with Crippen LogP contribution < -0.4 is 20.9 Å². The Morgan fingerprint density at radius 3 is 2.55 bits per heavy atom. The third-order valence-corrected chi connectivity index (χ3v) is 2.90. The number of methoxy groups -OCH3 is 1. The summed E-state index contributed by atoms with van der Waals surface area (Å²) in [5, 5.41) is 15.5. The third kappa shape index (κ3) is 2.46. The van der Waals surface area contributed by atoms with Crippen LogP contribution in [0.5, 0.6) is 5.75 Å². The molecule has 104 valence electrons. The number of nitrogens with two attached hydrogens (primary N) is 1. The number of nitrogen functional groups attached to an aromatic ring is 1. The van der Waals surface area contributed by atoms with Crippen molar-refractivity contribution >= 4 is 17.5 Å². The highest BCUT2D eigenvalue weighted by Gasteiger charge is 2.10. The fourth-order valence-corrected chi connectivity index (χ4v) is 1.79. The fourth-order valence-electron chi connectivity index (χ4n) is 1.79. The lowest BCUT2D eigenvalue weighted by atomic mass is 10.3. The first-order chi connectivity index (χ1) is 9.54. The molecule has 0 unspecified atom stereocenters. The third-order valence-electron chi connectivity index (χ3n) is 2.90. The Kier molecular flexibility index (Phi) is 3.69. The van der Waals surface area contributed by atoms with Gasteiger partial charge in [0, 0.05) is 25.1 Å². The second-order valence-electron chi connectivity index (χ2n) is 4.11. The van der Waals surface area contributed by atoms with Crippen LogP contribution in [0, 0.1) is 10.8 Å². The van der Waals surface area contributed by atoms with Gasteiger partial charge in [0.15, 0.2) is 17.3 Å². The van der Waals surface area contributed by atoms with Crippen LogP contribution in [0.15, 0.2) is 36.7 Å². The summed E-state index contributed by atoms with van der Waals surface area (Å²) in [5.41, 5.74) is 6.33. The van der Waals surface area contributed by atoms with Gasteiger partial charge in [0.25, 0.3) is 0 Å². The molecule has 1 aromatic carbocycles. The van der Waals surface area contributed by atoms with Crippen molar-refractivity contribution in [3.63, 3.8) is 0 Å². The molecule has 1 heterocycles. The van der Waals surface area contributed by atoms with Crippen molar-refractivity contribution in [2.24, 2.45) is 5.73 Å². The summed E-state index contributed by atoms with van der Waals surface area (Å²) in [6.45, 7) is 0. The number of aromatic nitrogens is 2. The van der Waals surface area contributed by atoms with Crippen LogP contribution in [-0.4, -0.2) is 29.7 Å². The molecule has 7 nitrogen and oxygen atoms in total. The van der Waals surface area contributed by atoms with Gasteiger partial charge in [0.1, 0.15) is 5.75 Å². The number of hydrogen-bond acceptors (Lipinski definition) is 5. The van der Waals surface area contributed by atoms with Crippen molar-refractivity contribution in [2.45, 2.75) is 0 Å². The predicted molar refractivity (Wildman–Crippen MR) is 76.5 cm³/mol. The minimum atomic E-state index is -0.221. The van der Waals surface area contributed by atoms with E-state index in [1.54, 1.807) is 19.1 Å². The summed E-state index contributed by atoms with van der Waals surface area (Å²) in [7, 11) is 3.40. The zero-order chi connectivity index (χ0) is 14.7. The molecule has 7 heteroatoms. The average Bonchev–Trinajstić information content (AvgIpc) is 2.46. The molecule has 0 amide bonds. The summed E-state index contributed by atoms with van der Waals surface area (Å²) < 4.78 is 6.36. The summed E-state index contributed by atoms with van der Waals surface area (Å²) in [5.74, 6) is 0.947. The number of nitrogens with one attached hydrogen (secondary N) is 2. The molecule has 0 spiro atoms. The fraction of sp³-hybridized carbons (Fsp3) is 0.154. The van der Waals surface area contributed by atoms with Crippen LogP contribution in [-0.2, 0) is 0 Å². The molecular weight excluding hydrogens is 256 g/mol. The highest BCUT2D eigenvalue weighted by atomic mass is 16.5. The van der Waals surface area contributed by atoms with Crippen LogP contribution >= 0.6 is 0 Å². The first-order valence-electron chi connectivity index (χ1n) is 5.89. The molecule has 2 rings (SSSR count). The second-order valence-corrected chi connectivity index (χ2v) is 4.11. The molecule has 20 heavy (non-hydrogen) atoms. The monoisotopic (exact) mass is 272 g/mol. The lowest BCUT2D eigenvalue weighted by Crippen LogP contribution is -2.35. The summed E-state index contributed by atoms with van der Waals surface area (Å²) in [6, 6.07) is 7.39. The first kappa shape index (κ1) is 13.6. The highest BCUT2D eigenvalue weighted by molar-refractivity contribution is 5.77. The molecule has 0 atom stereocenters. The normalized spacial score (nSPS) is 10.1.